The van der Waals surface area contributed by atoms with Crippen molar-refractivity contribution in [2.45, 2.75) is 38.6 Å². The molecule has 1 saturated heterocycles. The molecule has 0 spiro atoms. The van der Waals surface area contributed by atoms with E-state index in [0.29, 0.717) is 0 Å². The smallest absolute Gasteiger partial charge is 0.213 e. The van der Waals surface area contributed by atoms with Crippen LogP contribution in [-0.4, -0.2) is 56.3 Å². The van der Waals surface area contributed by atoms with Gasteiger partial charge in [0.05, 0.1) is 6.61 Å². The molecule has 0 amide bonds. The average molecular weight is 488 g/mol. The molecule has 2 heterocycles. The molecule has 1 aromatic heterocycles. The summed E-state index contributed by atoms with van der Waals surface area (Å²) in [6, 6.07) is 4.04. The predicted octanol–water partition coefficient (Wildman–Crippen LogP) is 3.31. The molecule has 7 heteroatoms. The molecule has 1 saturated carbocycles. The highest BCUT2D eigenvalue weighted by Crippen LogP contribution is 2.29. The number of nitrogens with zero attached hydrogens (tertiary/aromatic N) is 3. The Morgan fingerprint density at radius 3 is 2.78 bits per heavy atom. The first kappa shape index (κ1) is 22.2. The quantitative estimate of drug-likeness (QED) is 0.346. The molecule has 2 aliphatic rings. The zero-order valence-electron chi connectivity index (χ0n) is 16.5. The zero-order valence-corrected chi connectivity index (χ0v) is 18.9. The number of aromatic nitrogens is 1. The lowest BCUT2D eigenvalue weighted by atomic mass is 9.96. The third kappa shape index (κ3) is 7.81. The SMILES string of the molecule is CN=C(NCc1ccnc(OCC2CC2)c1)N(C)CCC1CCOCC1.I. The van der Waals surface area contributed by atoms with Crippen molar-refractivity contribution in [3.8, 4) is 5.88 Å². The van der Waals surface area contributed by atoms with Crippen LogP contribution in [0, 0.1) is 11.8 Å². The Balaban J connectivity index is 0.00000261. The molecular formula is C20H33IN4O2. The van der Waals surface area contributed by atoms with E-state index in [1.165, 1.54) is 32.1 Å². The van der Waals surface area contributed by atoms with E-state index in [4.69, 9.17) is 9.47 Å². The van der Waals surface area contributed by atoms with Crippen LogP contribution in [0.4, 0.5) is 0 Å². The number of hydrogen-bond donors (Lipinski definition) is 1. The number of aliphatic imine (C=N–C) groups is 1. The third-order valence-corrected chi connectivity index (χ3v) is 5.20. The molecule has 1 aromatic rings. The van der Waals surface area contributed by atoms with Crippen LogP contribution >= 0.6 is 24.0 Å². The number of halogens is 1. The summed E-state index contributed by atoms with van der Waals surface area (Å²) in [5, 5.41) is 3.45. The summed E-state index contributed by atoms with van der Waals surface area (Å²) >= 11 is 0. The Hall–Kier alpha value is -1.09. The van der Waals surface area contributed by atoms with E-state index >= 15 is 0 Å². The largest absolute Gasteiger partial charge is 0.477 e. The summed E-state index contributed by atoms with van der Waals surface area (Å²) in [6.07, 6.45) is 7.95. The molecule has 27 heavy (non-hydrogen) atoms. The number of nitrogens with one attached hydrogen (secondary N) is 1. The summed E-state index contributed by atoms with van der Waals surface area (Å²) in [7, 11) is 3.94. The second kappa shape index (κ2) is 11.7. The number of ether oxygens (including phenoxy) is 2. The maximum absolute atomic E-state index is 5.77. The van der Waals surface area contributed by atoms with E-state index in [1.54, 1.807) is 0 Å². The Morgan fingerprint density at radius 2 is 2.07 bits per heavy atom. The second-order valence-corrected chi connectivity index (χ2v) is 7.42. The maximum Gasteiger partial charge on any atom is 0.213 e. The van der Waals surface area contributed by atoms with Crippen LogP contribution in [0.3, 0.4) is 0 Å². The van der Waals surface area contributed by atoms with Gasteiger partial charge in [-0.1, -0.05) is 0 Å². The summed E-state index contributed by atoms with van der Waals surface area (Å²) in [4.78, 5) is 10.9. The highest BCUT2D eigenvalue weighted by atomic mass is 127. The van der Waals surface area contributed by atoms with Crippen LogP contribution < -0.4 is 10.1 Å². The van der Waals surface area contributed by atoms with E-state index in [0.717, 1.165) is 62.1 Å². The standard InChI is InChI=1S/C20H32N4O2.HI/c1-21-20(24(2)10-6-16-7-11-25-12-8-16)23-14-18-5-9-22-19(13-18)26-15-17-3-4-17;/h5,9,13,16-17H,3-4,6-8,10-12,14-15H2,1-2H3,(H,21,23);1H. The molecule has 1 N–H and O–H groups in total. The van der Waals surface area contributed by atoms with Crippen molar-refractivity contribution in [2.24, 2.45) is 16.8 Å². The first-order valence-corrected chi connectivity index (χ1v) is 9.82. The Bertz CT molecular complexity index is 589. The zero-order chi connectivity index (χ0) is 18.2. The first-order chi connectivity index (χ1) is 12.7. The fourth-order valence-electron chi connectivity index (χ4n) is 3.21. The number of guanidine groups is 1. The Labute approximate surface area is 180 Å². The van der Waals surface area contributed by atoms with Gasteiger partial charge in [0.15, 0.2) is 5.96 Å². The molecule has 0 unspecified atom stereocenters. The Kier molecular flexibility index (Phi) is 9.61. The fraction of sp³-hybridized carbons (Fsp3) is 0.700. The van der Waals surface area contributed by atoms with E-state index in [9.17, 15) is 0 Å². The van der Waals surface area contributed by atoms with Crippen molar-refractivity contribution in [1.29, 1.82) is 0 Å². The first-order valence-electron chi connectivity index (χ1n) is 9.82. The van der Waals surface area contributed by atoms with E-state index < -0.39 is 0 Å². The molecule has 0 bridgehead atoms. The number of rotatable bonds is 8. The van der Waals surface area contributed by atoms with Crippen molar-refractivity contribution < 1.29 is 9.47 Å². The normalized spacial score (nSPS) is 17.9. The molecule has 2 fully saturated rings. The van der Waals surface area contributed by atoms with Gasteiger partial charge in [0.1, 0.15) is 0 Å². The van der Waals surface area contributed by atoms with Crippen molar-refractivity contribution in [2.75, 3.05) is 40.5 Å². The van der Waals surface area contributed by atoms with Gasteiger partial charge in [0.2, 0.25) is 5.88 Å². The monoisotopic (exact) mass is 488 g/mol. The highest BCUT2D eigenvalue weighted by molar-refractivity contribution is 14.0. The number of hydrogen-bond acceptors (Lipinski definition) is 4. The van der Waals surface area contributed by atoms with Gasteiger partial charge in [0.25, 0.3) is 0 Å². The Morgan fingerprint density at radius 1 is 1.30 bits per heavy atom. The van der Waals surface area contributed by atoms with E-state index in [-0.39, 0.29) is 24.0 Å². The van der Waals surface area contributed by atoms with Crippen LogP contribution in [0.25, 0.3) is 0 Å². The minimum atomic E-state index is 0. The van der Waals surface area contributed by atoms with Crippen LogP contribution in [0.1, 0.15) is 37.7 Å². The number of pyridine rings is 1. The summed E-state index contributed by atoms with van der Waals surface area (Å²) in [6.45, 7) is 4.34. The van der Waals surface area contributed by atoms with Crippen LogP contribution in [-0.2, 0) is 11.3 Å². The summed E-state index contributed by atoms with van der Waals surface area (Å²) in [5.41, 5.74) is 1.16. The van der Waals surface area contributed by atoms with Gasteiger partial charge in [-0.15, -0.1) is 24.0 Å². The lowest BCUT2D eigenvalue weighted by Gasteiger charge is -2.26. The maximum atomic E-state index is 5.77. The minimum absolute atomic E-state index is 0. The summed E-state index contributed by atoms with van der Waals surface area (Å²) in [5.74, 6) is 3.16. The predicted molar refractivity (Wildman–Crippen MR) is 119 cm³/mol. The van der Waals surface area contributed by atoms with Gasteiger partial charge in [-0.3, -0.25) is 4.99 Å². The highest BCUT2D eigenvalue weighted by Gasteiger charge is 2.22. The van der Waals surface area contributed by atoms with Crippen molar-refractivity contribution in [3.63, 3.8) is 0 Å². The second-order valence-electron chi connectivity index (χ2n) is 7.42. The molecule has 1 aliphatic carbocycles. The fourth-order valence-corrected chi connectivity index (χ4v) is 3.21. The van der Waals surface area contributed by atoms with Crippen LogP contribution in [0.2, 0.25) is 0 Å². The van der Waals surface area contributed by atoms with Gasteiger partial charge in [-0.25, -0.2) is 4.98 Å². The van der Waals surface area contributed by atoms with Crippen molar-refractivity contribution in [3.05, 3.63) is 23.9 Å². The molecule has 0 aromatic carbocycles. The van der Waals surface area contributed by atoms with Crippen molar-refractivity contribution >= 4 is 29.9 Å². The third-order valence-electron chi connectivity index (χ3n) is 5.20. The van der Waals surface area contributed by atoms with Gasteiger partial charge < -0.3 is 19.7 Å². The molecule has 152 valence electrons. The lowest BCUT2D eigenvalue weighted by Crippen LogP contribution is -2.39. The van der Waals surface area contributed by atoms with E-state index in [1.807, 2.05) is 25.4 Å². The topological polar surface area (TPSA) is 59.0 Å². The van der Waals surface area contributed by atoms with Gasteiger partial charge >= 0.3 is 0 Å². The van der Waals surface area contributed by atoms with Gasteiger partial charge in [0, 0.05) is 52.7 Å². The molecule has 6 nitrogen and oxygen atoms in total. The molecule has 1 aliphatic heterocycles. The lowest BCUT2D eigenvalue weighted by molar-refractivity contribution is 0.0625. The average Bonchev–Trinajstić information content (AvgIpc) is 3.51. The molecule has 0 atom stereocenters. The van der Waals surface area contributed by atoms with E-state index in [2.05, 4.69) is 27.2 Å². The van der Waals surface area contributed by atoms with Crippen LogP contribution in [0.15, 0.2) is 23.3 Å². The van der Waals surface area contributed by atoms with Gasteiger partial charge in [-0.2, -0.15) is 0 Å². The molecular weight excluding hydrogens is 455 g/mol. The van der Waals surface area contributed by atoms with Crippen molar-refractivity contribution in [1.82, 2.24) is 15.2 Å². The summed E-state index contributed by atoms with van der Waals surface area (Å²) < 4.78 is 11.2. The molecule has 0 radical (unpaired) electrons. The molecule has 3 rings (SSSR count). The van der Waals surface area contributed by atoms with Crippen LogP contribution in [0.5, 0.6) is 5.88 Å². The minimum Gasteiger partial charge on any atom is -0.477 e. The van der Waals surface area contributed by atoms with Gasteiger partial charge in [-0.05, 0) is 55.6 Å².